The normalized spacial score (nSPS) is 11.2. The van der Waals surface area contributed by atoms with E-state index in [0.717, 1.165) is 33.9 Å². The largest absolute Gasteiger partial charge is 0.380 e. The van der Waals surface area contributed by atoms with Crippen LogP contribution in [-0.2, 0) is 6.54 Å². The van der Waals surface area contributed by atoms with E-state index in [1.165, 1.54) is 22.9 Å². The molecule has 0 atom stereocenters. The summed E-state index contributed by atoms with van der Waals surface area (Å²) in [5, 5.41) is 6.55. The first-order valence-corrected chi connectivity index (χ1v) is 9.31. The molecule has 5 rings (SSSR count). The van der Waals surface area contributed by atoms with Gasteiger partial charge in [-0.1, -0.05) is 36.4 Å². The Morgan fingerprint density at radius 2 is 1.66 bits per heavy atom. The quantitative estimate of drug-likeness (QED) is 0.383. The molecule has 0 aliphatic heterocycles. The van der Waals surface area contributed by atoms with Crippen LogP contribution in [0.2, 0.25) is 0 Å². The number of aromatic nitrogens is 2. The Balaban J connectivity index is 1.48. The molecule has 0 unspecified atom stereocenters. The van der Waals surface area contributed by atoms with E-state index in [0.29, 0.717) is 12.1 Å². The highest BCUT2D eigenvalue weighted by Crippen LogP contribution is 2.31. The Labute approximate surface area is 166 Å². The second kappa shape index (κ2) is 7.02. The van der Waals surface area contributed by atoms with Gasteiger partial charge in [0.05, 0.1) is 11.9 Å². The summed E-state index contributed by atoms with van der Waals surface area (Å²) in [6, 6.07) is 20.1. The smallest absolute Gasteiger partial charge is 0.138 e. The van der Waals surface area contributed by atoms with Crippen LogP contribution in [0.15, 0.2) is 79.1 Å². The van der Waals surface area contributed by atoms with Gasteiger partial charge in [-0.15, -0.1) is 0 Å². The number of rotatable bonds is 4. The van der Waals surface area contributed by atoms with Crippen molar-refractivity contribution in [1.82, 2.24) is 9.97 Å². The standard InChI is InChI=1S/C24H17F2N3/c25-19-7-15(8-20(26)10-19)12-27-21-11-22-23(14-29-24(22)28-13-21)18-6-5-16-3-1-2-4-17(16)9-18/h1-11,13-14,27H,12H2,(H,28,29). The number of aromatic amines is 1. The fourth-order valence-electron chi connectivity index (χ4n) is 3.61. The van der Waals surface area contributed by atoms with Crippen molar-refractivity contribution < 1.29 is 8.78 Å². The lowest BCUT2D eigenvalue weighted by molar-refractivity contribution is 0.580. The SMILES string of the molecule is Fc1cc(F)cc(CNc2cnc3[nH]cc(-c4ccc5ccccc5c4)c3c2)c1. The van der Waals surface area contributed by atoms with Crippen LogP contribution in [0, 0.1) is 11.6 Å². The minimum atomic E-state index is -0.584. The Kier molecular flexibility index (Phi) is 4.21. The molecule has 0 saturated heterocycles. The maximum atomic E-state index is 13.4. The van der Waals surface area contributed by atoms with E-state index in [2.05, 4.69) is 45.6 Å². The summed E-state index contributed by atoms with van der Waals surface area (Å²) in [4.78, 5) is 7.68. The third kappa shape index (κ3) is 3.43. The Morgan fingerprint density at radius 1 is 0.862 bits per heavy atom. The van der Waals surface area contributed by atoms with Gasteiger partial charge in [0.1, 0.15) is 17.3 Å². The Bertz CT molecular complexity index is 1320. The summed E-state index contributed by atoms with van der Waals surface area (Å²) in [7, 11) is 0. The molecule has 3 aromatic carbocycles. The number of fused-ring (bicyclic) bond motifs is 2. The number of halogens is 2. The summed E-state index contributed by atoms with van der Waals surface area (Å²) >= 11 is 0. The fraction of sp³-hybridized carbons (Fsp3) is 0.0417. The van der Waals surface area contributed by atoms with Gasteiger partial charge in [0.25, 0.3) is 0 Å². The van der Waals surface area contributed by atoms with Gasteiger partial charge in [0.2, 0.25) is 0 Å². The van der Waals surface area contributed by atoms with E-state index in [4.69, 9.17) is 0 Å². The van der Waals surface area contributed by atoms with Crippen LogP contribution in [0.4, 0.5) is 14.5 Å². The molecule has 5 aromatic rings. The molecule has 3 nitrogen and oxygen atoms in total. The molecule has 142 valence electrons. The molecule has 2 heterocycles. The summed E-state index contributed by atoms with van der Waals surface area (Å²) < 4.78 is 26.8. The summed E-state index contributed by atoms with van der Waals surface area (Å²) in [5.74, 6) is -1.17. The van der Waals surface area contributed by atoms with Gasteiger partial charge in [0.15, 0.2) is 0 Å². The molecule has 0 aliphatic rings. The first kappa shape index (κ1) is 17.4. The van der Waals surface area contributed by atoms with Crippen molar-refractivity contribution in [2.75, 3.05) is 5.32 Å². The van der Waals surface area contributed by atoms with Crippen LogP contribution in [0.1, 0.15) is 5.56 Å². The second-order valence-electron chi connectivity index (χ2n) is 7.02. The van der Waals surface area contributed by atoms with E-state index in [-0.39, 0.29) is 0 Å². The van der Waals surface area contributed by atoms with Crippen molar-refractivity contribution in [3.63, 3.8) is 0 Å². The van der Waals surface area contributed by atoms with Crippen molar-refractivity contribution >= 4 is 27.5 Å². The molecular formula is C24H17F2N3. The molecule has 2 aromatic heterocycles. The van der Waals surface area contributed by atoms with Gasteiger partial charge in [-0.25, -0.2) is 13.8 Å². The van der Waals surface area contributed by atoms with Crippen LogP contribution in [0.3, 0.4) is 0 Å². The highest BCUT2D eigenvalue weighted by atomic mass is 19.1. The van der Waals surface area contributed by atoms with Gasteiger partial charge in [0, 0.05) is 29.8 Å². The number of H-pyrrole nitrogens is 1. The zero-order valence-electron chi connectivity index (χ0n) is 15.4. The zero-order chi connectivity index (χ0) is 19.8. The third-order valence-electron chi connectivity index (χ3n) is 5.01. The van der Waals surface area contributed by atoms with Crippen molar-refractivity contribution in [2.24, 2.45) is 0 Å². The third-order valence-corrected chi connectivity index (χ3v) is 5.01. The number of nitrogens with zero attached hydrogens (tertiary/aromatic N) is 1. The molecule has 0 fully saturated rings. The van der Waals surface area contributed by atoms with Crippen molar-refractivity contribution in [1.29, 1.82) is 0 Å². The monoisotopic (exact) mass is 385 g/mol. The zero-order valence-corrected chi connectivity index (χ0v) is 15.4. The fourth-order valence-corrected chi connectivity index (χ4v) is 3.61. The predicted octanol–water partition coefficient (Wildman–Crippen LogP) is 6.27. The maximum absolute atomic E-state index is 13.4. The molecule has 0 spiro atoms. The molecule has 0 amide bonds. The van der Waals surface area contributed by atoms with Crippen molar-refractivity contribution in [3.05, 3.63) is 96.3 Å². The van der Waals surface area contributed by atoms with Crippen LogP contribution < -0.4 is 5.32 Å². The lowest BCUT2D eigenvalue weighted by Gasteiger charge is -2.08. The number of anilines is 1. The predicted molar refractivity (Wildman–Crippen MR) is 113 cm³/mol. The van der Waals surface area contributed by atoms with Gasteiger partial charge in [-0.05, 0) is 46.2 Å². The van der Waals surface area contributed by atoms with E-state index in [9.17, 15) is 8.78 Å². The molecule has 0 aliphatic carbocycles. The molecule has 0 saturated carbocycles. The number of benzene rings is 3. The van der Waals surface area contributed by atoms with Crippen molar-refractivity contribution in [3.8, 4) is 11.1 Å². The topological polar surface area (TPSA) is 40.7 Å². The highest BCUT2D eigenvalue weighted by molar-refractivity contribution is 5.98. The van der Waals surface area contributed by atoms with Crippen molar-refractivity contribution in [2.45, 2.75) is 6.54 Å². The van der Waals surface area contributed by atoms with E-state index >= 15 is 0 Å². The number of hydrogen-bond acceptors (Lipinski definition) is 2. The van der Waals surface area contributed by atoms with Crippen LogP contribution in [0.5, 0.6) is 0 Å². The number of hydrogen-bond donors (Lipinski definition) is 2. The molecule has 0 radical (unpaired) electrons. The van der Waals surface area contributed by atoms with Gasteiger partial charge in [-0.3, -0.25) is 0 Å². The highest BCUT2D eigenvalue weighted by Gasteiger charge is 2.09. The summed E-state index contributed by atoms with van der Waals surface area (Å²) in [5.41, 5.74) is 4.26. The molecule has 29 heavy (non-hydrogen) atoms. The van der Waals surface area contributed by atoms with Gasteiger partial charge >= 0.3 is 0 Å². The number of nitrogens with one attached hydrogen (secondary N) is 2. The lowest BCUT2D eigenvalue weighted by atomic mass is 10.0. The van der Waals surface area contributed by atoms with E-state index < -0.39 is 11.6 Å². The second-order valence-corrected chi connectivity index (χ2v) is 7.02. The Morgan fingerprint density at radius 3 is 2.48 bits per heavy atom. The van der Waals surface area contributed by atoms with Crippen LogP contribution in [-0.4, -0.2) is 9.97 Å². The van der Waals surface area contributed by atoms with Crippen LogP contribution >= 0.6 is 0 Å². The average molecular weight is 385 g/mol. The van der Waals surface area contributed by atoms with Gasteiger partial charge in [-0.2, -0.15) is 0 Å². The first-order valence-electron chi connectivity index (χ1n) is 9.31. The van der Waals surface area contributed by atoms with E-state index in [1.807, 2.05) is 24.4 Å². The summed E-state index contributed by atoms with van der Waals surface area (Å²) in [6.07, 6.45) is 3.66. The Hall–Kier alpha value is -3.73. The maximum Gasteiger partial charge on any atom is 0.138 e. The first-order chi connectivity index (χ1) is 14.2. The van der Waals surface area contributed by atoms with E-state index in [1.54, 1.807) is 6.20 Å². The lowest BCUT2D eigenvalue weighted by Crippen LogP contribution is -2.01. The molecule has 5 heteroatoms. The van der Waals surface area contributed by atoms with Crippen LogP contribution in [0.25, 0.3) is 32.9 Å². The average Bonchev–Trinajstić information content (AvgIpc) is 3.14. The minimum absolute atomic E-state index is 0.303. The molecule has 2 N–H and O–H groups in total. The minimum Gasteiger partial charge on any atom is -0.380 e. The molecule has 0 bridgehead atoms. The van der Waals surface area contributed by atoms with Gasteiger partial charge < -0.3 is 10.3 Å². The summed E-state index contributed by atoms with van der Waals surface area (Å²) in [6.45, 7) is 0.303. The number of pyridine rings is 1. The molecular weight excluding hydrogens is 368 g/mol.